The van der Waals surface area contributed by atoms with Gasteiger partial charge in [0.1, 0.15) is 0 Å². The van der Waals surface area contributed by atoms with E-state index < -0.39 is 0 Å². The van der Waals surface area contributed by atoms with Gasteiger partial charge in [0, 0.05) is 24.9 Å². The molecule has 0 aromatic heterocycles. The maximum atomic E-state index is 5.11. The van der Waals surface area contributed by atoms with Gasteiger partial charge < -0.3 is 10.1 Å². The molecular formula is C15H23NOS. The van der Waals surface area contributed by atoms with E-state index in [2.05, 4.69) is 35.8 Å². The molecule has 2 nitrogen and oxygen atoms in total. The number of benzene rings is 1. The van der Waals surface area contributed by atoms with Crippen LogP contribution in [0.4, 0.5) is 0 Å². The second-order valence-corrected chi connectivity index (χ2v) is 6.37. The first-order chi connectivity index (χ1) is 8.78. The minimum absolute atomic E-state index is 0.524. The van der Waals surface area contributed by atoms with Crippen LogP contribution in [-0.2, 0) is 17.9 Å². The normalized spacial score (nSPS) is 17.4. The summed E-state index contributed by atoms with van der Waals surface area (Å²) in [4.78, 5) is 0. The first kappa shape index (κ1) is 13.9. The van der Waals surface area contributed by atoms with Crippen molar-refractivity contribution >= 4 is 11.8 Å². The van der Waals surface area contributed by atoms with Gasteiger partial charge in [-0.3, -0.25) is 0 Å². The van der Waals surface area contributed by atoms with E-state index in [-0.39, 0.29) is 0 Å². The summed E-state index contributed by atoms with van der Waals surface area (Å²) in [5.74, 6) is 0. The summed E-state index contributed by atoms with van der Waals surface area (Å²) in [5, 5.41) is 3.59. The van der Waals surface area contributed by atoms with E-state index in [9.17, 15) is 0 Å². The molecule has 18 heavy (non-hydrogen) atoms. The molecule has 0 bridgehead atoms. The van der Waals surface area contributed by atoms with Gasteiger partial charge in [-0.05, 0) is 30.2 Å². The van der Waals surface area contributed by atoms with Crippen LogP contribution in [0.1, 0.15) is 30.4 Å². The van der Waals surface area contributed by atoms with Crippen molar-refractivity contribution in [3.63, 3.8) is 0 Å². The summed E-state index contributed by atoms with van der Waals surface area (Å²) in [7, 11) is 1.73. The van der Waals surface area contributed by atoms with Crippen LogP contribution in [0.3, 0.4) is 0 Å². The summed E-state index contributed by atoms with van der Waals surface area (Å²) in [6.07, 6.45) is 6.37. The molecule has 0 spiro atoms. The molecule has 0 unspecified atom stereocenters. The summed E-state index contributed by atoms with van der Waals surface area (Å²) >= 11 is 2.02. The van der Waals surface area contributed by atoms with Crippen molar-refractivity contribution < 1.29 is 4.74 Å². The maximum Gasteiger partial charge on any atom is 0.0713 e. The molecule has 2 rings (SSSR count). The van der Waals surface area contributed by atoms with E-state index in [0.717, 1.165) is 13.1 Å². The summed E-state index contributed by atoms with van der Waals surface area (Å²) in [6, 6.07) is 8.67. The number of hydrogen-bond donors (Lipinski definition) is 1. The number of methoxy groups -OCH3 is 1. The number of nitrogens with one attached hydrogen (secondary N) is 1. The SMILES string of the molecule is COCc1ccc(CNCC2(SC)CCC2)cc1. The average molecular weight is 265 g/mol. The second kappa shape index (κ2) is 6.60. The topological polar surface area (TPSA) is 21.3 Å². The van der Waals surface area contributed by atoms with Crippen LogP contribution in [-0.4, -0.2) is 24.7 Å². The molecule has 0 aliphatic heterocycles. The lowest BCUT2D eigenvalue weighted by Crippen LogP contribution is -2.43. The molecule has 1 aliphatic rings. The third kappa shape index (κ3) is 3.50. The molecule has 1 aromatic carbocycles. The van der Waals surface area contributed by atoms with Crippen LogP contribution < -0.4 is 5.32 Å². The summed E-state index contributed by atoms with van der Waals surface area (Å²) in [6.45, 7) is 2.80. The van der Waals surface area contributed by atoms with E-state index in [1.54, 1.807) is 7.11 Å². The molecule has 1 N–H and O–H groups in total. The molecule has 1 aromatic rings. The van der Waals surface area contributed by atoms with E-state index in [1.165, 1.54) is 30.4 Å². The summed E-state index contributed by atoms with van der Waals surface area (Å²) < 4.78 is 5.64. The lowest BCUT2D eigenvalue weighted by atomic mass is 9.84. The first-order valence-electron chi connectivity index (χ1n) is 6.61. The third-order valence-electron chi connectivity index (χ3n) is 3.81. The van der Waals surface area contributed by atoms with Gasteiger partial charge in [0.05, 0.1) is 6.61 Å². The highest BCUT2D eigenvalue weighted by molar-refractivity contribution is 8.00. The van der Waals surface area contributed by atoms with Crippen molar-refractivity contribution in [2.75, 3.05) is 19.9 Å². The van der Waals surface area contributed by atoms with Gasteiger partial charge in [-0.2, -0.15) is 11.8 Å². The van der Waals surface area contributed by atoms with Crippen molar-refractivity contribution in [3.8, 4) is 0 Å². The molecule has 1 fully saturated rings. The van der Waals surface area contributed by atoms with Gasteiger partial charge in [0.25, 0.3) is 0 Å². The highest BCUT2D eigenvalue weighted by atomic mass is 32.2. The van der Waals surface area contributed by atoms with Crippen molar-refractivity contribution in [2.45, 2.75) is 37.2 Å². The Hall–Kier alpha value is -0.510. The zero-order valence-corrected chi connectivity index (χ0v) is 12.2. The smallest absolute Gasteiger partial charge is 0.0713 e. The molecule has 1 aliphatic carbocycles. The van der Waals surface area contributed by atoms with Crippen LogP contribution >= 0.6 is 11.8 Å². The Morgan fingerprint density at radius 3 is 2.39 bits per heavy atom. The van der Waals surface area contributed by atoms with Crippen LogP contribution in [0, 0.1) is 0 Å². The number of thioether (sulfide) groups is 1. The second-order valence-electron chi connectivity index (χ2n) is 5.09. The fraction of sp³-hybridized carbons (Fsp3) is 0.600. The van der Waals surface area contributed by atoms with E-state index >= 15 is 0 Å². The number of rotatable bonds is 7. The van der Waals surface area contributed by atoms with E-state index in [1.807, 2.05) is 11.8 Å². The lowest BCUT2D eigenvalue weighted by molar-refractivity contribution is 0.185. The Morgan fingerprint density at radius 2 is 1.89 bits per heavy atom. The standard InChI is InChI=1S/C15H23NOS/c1-17-11-14-6-4-13(5-7-14)10-16-12-15(18-2)8-3-9-15/h4-7,16H,3,8-12H2,1-2H3. The zero-order chi connectivity index (χ0) is 12.8. The number of ether oxygens (including phenoxy) is 1. The molecule has 0 amide bonds. The van der Waals surface area contributed by atoms with Crippen LogP contribution in [0.15, 0.2) is 24.3 Å². The highest BCUT2D eigenvalue weighted by Crippen LogP contribution is 2.42. The van der Waals surface area contributed by atoms with Gasteiger partial charge in [-0.15, -0.1) is 0 Å². The van der Waals surface area contributed by atoms with Crippen LogP contribution in [0.5, 0.6) is 0 Å². The number of hydrogen-bond acceptors (Lipinski definition) is 3. The fourth-order valence-electron chi connectivity index (χ4n) is 2.38. The Balaban J connectivity index is 1.76. The first-order valence-corrected chi connectivity index (χ1v) is 7.83. The van der Waals surface area contributed by atoms with Crippen LogP contribution in [0.25, 0.3) is 0 Å². The van der Waals surface area contributed by atoms with E-state index in [4.69, 9.17) is 4.74 Å². The van der Waals surface area contributed by atoms with Gasteiger partial charge in [0.15, 0.2) is 0 Å². The predicted octanol–water partition coefficient (Wildman–Crippen LogP) is 3.21. The molecule has 1 saturated carbocycles. The molecule has 0 heterocycles. The molecular weight excluding hydrogens is 242 g/mol. The molecule has 100 valence electrons. The van der Waals surface area contributed by atoms with Crippen molar-refractivity contribution in [1.29, 1.82) is 0 Å². The van der Waals surface area contributed by atoms with Gasteiger partial charge in [-0.1, -0.05) is 30.7 Å². The quantitative estimate of drug-likeness (QED) is 0.818. The fourth-order valence-corrected chi connectivity index (χ4v) is 3.32. The third-order valence-corrected chi connectivity index (χ3v) is 5.23. The predicted molar refractivity (Wildman–Crippen MR) is 79.0 cm³/mol. The molecule has 0 radical (unpaired) electrons. The highest BCUT2D eigenvalue weighted by Gasteiger charge is 2.35. The molecule has 0 saturated heterocycles. The van der Waals surface area contributed by atoms with Crippen molar-refractivity contribution in [1.82, 2.24) is 5.32 Å². The average Bonchev–Trinajstić information content (AvgIpc) is 2.35. The lowest BCUT2D eigenvalue weighted by Gasteiger charge is -2.40. The summed E-state index contributed by atoms with van der Waals surface area (Å²) in [5.41, 5.74) is 2.59. The van der Waals surface area contributed by atoms with Crippen LogP contribution in [0.2, 0.25) is 0 Å². The largest absolute Gasteiger partial charge is 0.380 e. The minimum Gasteiger partial charge on any atom is -0.380 e. The van der Waals surface area contributed by atoms with Crippen molar-refractivity contribution in [3.05, 3.63) is 35.4 Å². The Bertz CT molecular complexity index is 354. The monoisotopic (exact) mass is 265 g/mol. The molecule has 3 heteroatoms. The van der Waals surface area contributed by atoms with E-state index in [0.29, 0.717) is 11.4 Å². The molecule has 0 atom stereocenters. The van der Waals surface area contributed by atoms with Gasteiger partial charge in [0.2, 0.25) is 0 Å². The van der Waals surface area contributed by atoms with Gasteiger partial charge >= 0.3 is 0 Å². The Labute approximate surface area is 114 Å². The maximum absolute atomic E-state index is 5.11. The van der Waals surface area contributed by atoms with Crippen molar-refractivity contribution in [2.24, 2.45) is 0 Å². The minimum atomic E-state index is 0.524. The zero-order valence-electron chi connectivity index (χ0n) is 11.4. The Kier molecular flexibility index (Phi) is 5.10. The van der Waals surface area contributed by atoms with Gasteiger partial charge in [-0.25, -0.2) is 0 Å². The Morgan fingerprint density at radius 1 is 1.22 bits per heavy atom.